The van der Waals surface area contributed by atoms with Gasteiger partial charge in [0.1, 0.15) is 12.6 Å². The molecule has 0 unspecified atom stereocenters. The van der Waals surface area contributed by atoms with E-state index in [4.69, 9.17) is 10.4 Å². The van der Waals surface area contributed by atoms with Gasteiger partial charge in [-0.2, -0.15) is 5.26 Å². The monoisotopic (exact) mass is 232 g/mol. The first-order valence-electron chi connectivity index (χ1n) is 5.56. The van der Waals surface area contributed by atoms with Crippen molar-refractivity contribution in [2.75, 3.05) is 18.0 Å². The predicted molar refractivity (Wildman–Crippen MR) is 66.0 cm³/mol. The van der Waals surface area contributed by atoms with E-state index in [2.05, 4.69) is 6.07 Å². The van der Waals surface area contributed by atoms with E-state index in [1.165, 1.54) is 0 Å². The number of nitrogens with zero attached hydrogens (tertiary/aromatic N) is 2. The van der Waals surface area contributed by atoms with E-state index in [9.17, 15) is 4.79 Å². The van der Waals surface area contributed by atoms with Crippen LogP contribution in [-0.4, -0.2) is 24.2 Å². The summed E-state index contributed by atoms with van der Waals surface area (Å²) in [6.07, 6.45) is 0.839. The molecule has 0 aromatic heterocycles. The Morgan fingerprint density at radius 1 is 1.53 bits per heavy atom. The van der Waals surface area contributed by atoms with E-state index in [0.29, 0.717) is 17.8 Å². The lowest BCUT2D eigenvalue weighted by Crippen LogP contribution is -2.31. The second-order valence-electron chi connectivity index (χ2n) is 3.95. The van der Waals surface area contributed by atoms with Crippen LogP contribution in [0.2, 0.25) is 0 Å². The molecule has 0 spiro atoms. The number of hydrogen-bond acceptors (Lipinski definition) is 3. The van der Waals surface area contributed by atoms with Crippen LogP contribution in [0, 0.1) is 18.3 Å². The van der Waals surface area contributed by atoms with Crippen molar-refractivity contribution in [1.82, 2.24) is 0 Å². The number of carboxylic acids is 1. The molecule has 0 aliphatic rings. The van der Waals surface area contributed by atoms with Gasteiger partial charge in [-0.3, -0.25) is 4.79 Å². The molecule has 0 amide bonds. The smallest absolute Gasteiger partial charge is 0.323 e. The predicted octanol–water partition coefficient (Wildman–Crippen LogP) is 2.17. The summed E-state index contributed by atoms with van der Waals surface area (Å²) in [5.41, 5.74) is 2.22. The van der Waals surface area contributed by atoms with Gasteiger partial charge in [0.15, 0.2) is 0 Å². The summed E-state index contributed by atoms with van der Waals surface area (Å²) in [5, 5.41) is 17.9. The lowest BCUT2D eigenvalue weighted by molar-refractivity contribution is -0.135. The fourth-order valence-electron chi connectivity index (χ4n) is 1.73. The number of benzene rings is 1. The Bertz CT molecular complexity index is 449. The van der Waals surface area contributed by atoms with Gasteiger partial charge in [-0.1, -0.05) is 13.0 Å². The van der Waals surface area contributed by atoms with Gasteiger partial charge in [0.2, 0.25) is 0 Å². The molecule has 0 fully saturated rings. The van der Waals surface area contributed by atoms with Crippen LogP contribution >= 0.6 is 0 Å². The van der Waals surface area contributed by atoms with E-state index >= 15 is 0 Å². The SMILES string of the molecule is CCCN(CC(=O)O)c1ccc(C)cc1C#N. The summed E-state index contributed by atoms with van der Waals surface area (Å²) in [7, 11) is 0. The minimum atomic E-state index is -0.886. The van der Waals surface area contributed by atoms with E-state index in [1.54, 1.807) is 11.0 Å². The summed E-state index contributed by atoms with van der Waals surface area (Å²) in [5.74, 6) is -0.886. The Labute approximate surface area is 101 Å². The van der Waals surface area contributed by atoms with Crippen molar-refractivity contribution >= 4 is 11.7 Å². The lowest BCUT2D eigenvalue weighted by Gasteiger charge is -2.23. The third-order valence-corrected chi connectivity index (χ3v) is 2.43. The van der Waals surface area contributed by atoms with Gasteiger partial charge >= 0.3 is 5.97 Å². The molecular formula is C13H16N2O2. The number of hydrogen-bond donors (Lipinski definition) is 1. The number of rotatable bonds is 5. The molecule has 0 bridgehead atoms. The standard InChI is InChI=1S/C13H16N2O2/c1-3-6-15(9-13(16)17)12-5-4-10(2)7-11(12)8-14/h4-5,7H,3,6,9H2,1-2H3,(H,16,17). The Kier molecular flexibility index (Phi) is 4.53. The molecule has 1 aromatic carbocycles. The Balaban J connectivity index is 3.09. The second-order valence-corrected chi connectivity index (χ2v) is 3.95. The highest BCUT2D eigenvalue weighted by atomic mass is 16.4. The van der Waals surface area contributed by atoms with E-state index in [-0.39, 0.29) is 6.54 Å². The molecule has 0 saturated heterocycles. The van der Waals surface area contributed by atoms with Crippen molar-refractivity contribution in [2.24, 2.45) is 0 Å². The number of aliphatic carboxylic acids is 1. The van der Waals surface area contributed by atoms with Crippen molar-refractivity contribution < 1.29 is 9.90 Å². The summed E-state index contributed by atoms with van der Waals surface area (Å²) in [6.45, 7) is 4.44. The fourth-order valence-corrected chi connectivity index (χ4v) is 1.73. The van der Waals surface area contributed by atoms with Crippen LogP contribution in [0.25, 0.3) is 0 Å². The van der Waals surface area contributed by atoms with E-state index in [0.717, 1.165) is 12.0 Å². The van der Waals surface area contributed by atoms with Crippen molar-refractivity contribution in [3.63, 3.8) is 0 Å². The molecule has 0 radical (unpaired) electrons. The normalized spacial score (nSPS) is 9.71. The third-order valence-electron chi connectivity index (χ3n) is 2.43. The van der Waals surface area contributed by atoms with Crippen LogP contribution in [-0.2, 0) is 4.79 Å². The van der Waals surface area contributed by atoms with Crippen LogP contribution < -0.4 is 4.90 Å². The van der Waals surface area contributed by atoms with Gasteiger partial charge in [0, 0.05) is 6.54 Å². The van der Waals surface area contributed by atoms with Crippen LogP contribution in [0.1, 0.15) is 24.5 Å². The number of anilines is 1. The number of carboxylic acid groups (broad SMARTS) is 1. The minimum Gasteiger partial charge on any atom is -0.480 e. The molecular weight excluding hydrogens is 216 g/mol. The van der Waals surface area contributed by atoms with Crippen LogP contribution in [0.5, 0.6) is 0 Å². The Hall–Kier alpha value is -2.02. The Morgan fingerprint density at radius 3 is 2.76 bits per heavy atom. The van der Waals surface area contributed by atoms with Gasteiger partial charge in [0.05, 0.1) is 11.3 Å². The van der Waals surface area contributed by atoms with Gasteiger partial charge in [-0.25, -0.2) is 0 Å². The average Bonchev–Trinajstić information content (AvgIpc) is 2.27. The van der Waals surface area contributed by atoms with Gasteiger partial charge in [-0.05, 0) is 31.0 Å². The van der Waals surface area contributed by atoms with Crippen LogP contribution in [0.15, 0.2) is 18.2 Å². The molecule has 0 heterocycles. The molecule has 4 nitrogen and oxygen atoms in total. The summed E-state index contributed by atoms with van der Waals surface area (Å²) in [6, 6.07) is 7.59. The molecule has 1 aromatic rings. The summed E-state index contributed by atoms with van der Waals surface area (Å²) in [4.78, 5) is 12.5. The third kappa shape index (κ3) is 3.49. The Morgan fingerprint density at radius 2 is 2.24 bits per heavy atom. The van der Waals surface area contributed by atoms with Crippen molar-refractivity contribution in [3.8, 4) is 6.07 Å². The number of nitriles is 1. The molecule has 0 atom stereocenters. The second kappa shape index (κ2) is 5.90. The molecule has 0 aliphatic heterocycles. The molecule has 0 aliphatic carbocycles. The first kappa shape index (κ1) is 13.0. The van der Waals surface area contributed by atoms with E-state index < -0.39 is 5.97 Å². The van der Waals surface area contributed by atoms with Gasteiger partial charge in [0.25, 0.3) is 0 Å². The maximum absolute atomic E-state index is 10.8. The number of carbonyl (C=O) groups is 1. The highest BCUT2D eigenvalue weighted by molar-refractivity contribution is 5.75. The van der Waals surface area contributed by atoms with Gasteiger partial charge < -0.3 is 10.0 Å². The summed E-state index contributed by atoms with van der Waals surface area (Å²) >= 11 is 0. The zero-order valence-corrected chi connectivity index (χ0v) is 10.1. The topological polar surface area (TPSA) is 64.3 Å². The first-order valence-corrected chi connectivity index (χ1v) is 5.56. The van der Waals surface area contributed by atoms with Crippen LogP contribution in [0.4, 0.5) is 5.69 Å². The maximum atomic E-state index is 10.8. The lowest BCUT2D eigenvalue weighted by atomic mass is 10.1. The molecule has 1 rings (SSSR count). The van der Waals surface area contributed by atoms with Crippen LogP contribution in [0.3, 0.4) is 0 Å². The molecule has 90 valence electrons. The minimum absolute atomic E-state index is 0.0778. The van der Waals surface area contributed by atoms with Gasteiger partial charge in [-0.15, -0.1) is 0 Å². The van der Waals surface area contributed by atoms with E-state index in [1.807, 2.05) is 26.0 Å². The quantitative estimate of drug-likeness (QED) is 0.845. The molecule has 17 heavy (non-hydrogen) atoms. The molecule has 1 N–H and O–H groups in total. The fraction of sp³-hybridized carbons (Fsp3) is 0.385. The van der Waals surface area contributed by atoms with Crippen molar-refractivity contribution in [2.45, 2.75) is 20.3 Å². The van der Waals surface area contributed by atoms with Crippen molar-refractivity contribution in [3.05, 3.63) is 29.3 Å². The molecule has 4 heteroatoms. The largest absolute Gasteiger partial charge is 0.480 e. The number of aryl methyl sites for hydroxylation is 1. The average molecular weight is 232 g/mol. The highest BCUT2D eigenvalue weighted by Crippen LogP contribution is 2.21. The summed E-state index contributed by atoms with van der Waals surface area (Å²) < 4.78 is 0. The van der Waals surface area contributed by atoms with Crippen molar-refractivity contribution in [1.29, 1.82) is 5.26 Å². The zero-order chi connectivity index (χ0) is 12.8. The maximum Gasteiger partial charge on any atom is 0.323 e. The first-order chi connectivity index (χ1) is 8.08. The highest BCUT2D eigenvalue weighted by Gasteiger charge is 2.13. The molecule has 0 saturated carbocycles. The zero-order valence-electron chi connectivity index (χ0n) is 10.1.